The molecule has 7 nitrogen and oxygen atoms in total. The summed E-state index contributed by atoms with van der Waals surface area (Å²) in [5.41, 5.74) is 2.02. The average molecular weight is 394 g/mol. The lowest BCUT2D eigenvalue weighted by molar-refractivity contribution is -0.383. The molecule has 1 aliphatic rings. The van der Waals surface area contributed by atoms with E-state index in [9.17, 15) is 14.9 Å². The van der Waals surface area contributed by atoms with Gasteiger partial charge in [-0.3, -0.25) is 10.1 Å². The van der Waals surface area contributed by atoms with E-state index in [4.69, 9.17) is 4.98 Å². The minimum atomic E-state index is -0.496. The predicted molar refractivity (Wildman–Crippen MR) is 108 cm³/mol. The number of nitrogens with one attached hydrogen (secondary N) is 1. The number of carbonyl (C=O) groups is 1. The summed E-state index contributed by atoms with van der Waals surface area (Å²) in [5.74, 6) is 0. The number of benzene rings is 2. The number of likely N-dealkylation sites (tertiary alicyclic amines) is 1. The van der Waals surface area contributed by atoms with Crippen LogP contribution in [0.2, 0.25) is 0 Å². The van der Waals surface area contributed by atoms with Crippen molar-refractivity contribution < 1.29 is 9.72 Å². The van der Waals surface area contributed by atoms with E-state index in [0.717, 1.165) is 29.1 Å². The number of para-hydroxylation sites is 2. The van der Waals surface area contributed by atoms with Crippen molar-refractivity contribution in [3.8, 4) is 11.3 Å². The molecule has 3 aromatic rings. The number of nitrogens with zero attached hydrogens (tertiary/aromatic N) is 3. The second-order valence-corrected chi connectivity index (χ2v) is 7.38. The van der Waals surface area contributed by atoms with Crippen molar-refractivity contribution in [2.24, 2.45) is 0 Å². The van der Waals surface area contributed by atoms with Crippen LogP contribution in [0.5, 0.6) is 0 Å². The Morgan fingerprint density at radius 3 is 2.71 bits per heavy atom. The summed E-state index contributed by atoms with van der Waals surface area (Å²) < 4.78 is 0. The van der Waals surface area contributed by atoms with Gasteiger partial charge in [-0.25, -0.2) is 9.78 Å². The fraction of sp³-hybridized carbons (Fsp3) is 0.200. The van der Waals surface area contributed by atoms with Crippen LogP contribution in [-0.4, -0.2) is 27.4 Å². The van der Waals surface area contributed by atoms with E-state index < -0.39 is 4.92 Å². The zero-order valence-corrected chi connectivity index (χ0v) is 15.8. The Balaban J connectivity index is 1.53. The largest absolute Gasteiger partial charge is 0.322 e. The number of aromatic nitrogens is 1. The van der Waals surface area contributed by atoms with Gasteiger partial charge in [-0.05, 0) is 18.9 Å². The van der Waals surface area contributed by atoms with E-state index in [1.165, 1.54) is 23.5 Å². The molecule has 2 aromatic carbocycles. The van der Waals surface area contributed by atoms with E-state index >= 15 is 0 Å². The minimum Gasteiger partial charge on any atom is -0.315 e. The summed E-state index contributed by atoms with van der Waals surface area (Å²) in [6, 6.07) is 15.6. The Kier molecular flexibility index (Phi) is 5.03. The van der Waals surface area contributed by atoms with Crippen LogP contribution >= 0.6 is 11.3 Å². The van der Waals surface area contributed by atoms with E-state index in [1.54, 1.807) is 17.0 Å². The highest BCUT2D eigenvalue weighted by Crippen LogP contribution is 2.36. The van der Waals surface area contributed by atoms with Gasteiger partial charge in [0, 0.05) is 23.6 Å². The molecule has 4 rings (SSSR count). The molecule has 1 aliphatic heterocycles. The summed E-state index contributed by atoms with van der Waals surface area (Å²) in [6.45, 7) is 0.595. The molecule has 8 heteroatoms. The summed E-state index contributed by atoms with van der Waals surface area (Å²) in [4.78, 5) is 30.0. The van der Waals surface area contributed by atoms with Gasteiger partial charge in [-0.2, -0.15) is 0 Å². The molecular formula is C20H18N4O3S. The highest BCUT2D eigenvalue weighted by Gasteiger charge is 2.33. The maximum atomic E-state index is 12.8. The molecule has 2 amide bonds. The Labute approximate surface area is 165 Å². The van der Waals surface area contributed by atoms with Crippen molar-refractivity contribution in [3.63, 3.8) is 0 Å². The SMILES string of the molecule is O=C(Nc1ccccc1[N+](=O)[O-])N1CCC[C@H]1c1nc(-c2ccccc2)cs1. The lowest BCUT2D eigenvalue weighted by atomic mass is 10.2. The summed E-state index contributed by atoms with van der Waals surface area (Å²) >= 11 is 1.54. The minimum absolute atomic E-state index is 0.118. The number of thiazole rings is 1. The third-order valence-electron chi connectivity index (χ3n) is 4.73. The quantitative estimate of drug-likeness (QED) is 0.493. The van der Waals surface area contributed by atoms with Gasteiger partial charge in [0.1, 0.15) is 10.7 Å². The summed E-state index contributed by atoms with van der Waals surface area (Å²) in [6.07, 6.45) is 1.70. The number of carbonyl (C=O) groups excluding carboxylic acids is 1. The molecule has 1 fully saturated rings. The Morgan fingerprint density at radius 1 is 1.18 bits per heavy atom. The smallest absolute Gasteiger partial charge is 0.315 e. The van der Waals surface area contributed by atoms with Gasteiger partial charge in [-0.1, -0.05) is 42.5 Å². The fourth-order valence-electron chi connectivity index (χ4n) is 3.37. The van der Waals surface area contributed by atoms with Crippen LogP contribution in [0.3, 0.4) is 0 Å². The number of amides is 2. The van der Waals surface area contributed by atoms with Crippen LogP contribution in [0.25, 0.3) is 11.3 Å². The first-order chi connectivity index (χ1) is 13.6. The molecule has 0 bridgehead atoms. The topological polar surface area (TPSA) is 88.4 Å². The Hall–Kier alpha value is -3.26. The molecule has 1 aromatic heterocycles. The maximum absolute atomic E-state index is 12.8. The number of anilines is 1. The number of hydrogen-bond donors (Lipinski definition) is 1. The van der Waals surface area contributed by atoms with Crippen LogP contribution in [0, 0.1) is 10.1 Å². The first kappa shape index (κ1) is 18.1. The first-order valence-electron chi connectivity index (χ1n) is 8.95. The van der Waals surface area contributed by atoms with Crippen LogP contribution < -0.4 is 5.32 Å². The molecule has 2 heterocycles. The third kappa shape index (κ3) is 3.59. The highest BCUT2D eigenvalue weighted by atomic mass is 32.1. The lowest BCUT2D eigenvalue weighted by Gasteiger charge is -2.23. The molecule has 1 saturated heterocycles. The zero-order chi connectivity index (χ0) is 19.5. The zero-order valence-electron chi connectivity index (χ0n) is 14.9. The summed E-state index contributed by atoms with van der Waals surface area (Å²) in [7, 11) is 0. The molecule has 1 N–H and O–H groups in total. The normalized spacial score (nSPS) is 16.1. The second kappa shape index (κ2) is 7.77. The molecule has 0 radical (unpaired) electrons. The van der Waals surface area contributed by atoms with Crippen LogP contribution in [0.4, 0.5) is 16.2 Å². The van der Waals surface area contributed by atoms with Gasteiger partial charge >= 0.3 is 6.03 Å². The second-order valence-electron chi connectivity index (χ2n) is 6.49. The van der Waals surface area contributed by atoms with Crippen molar-refractivity contribution in [1.82, 2.24) is 9.88 Å². The number of nitro benzene ring substituents is 1. The number of urea groups is 1. The lowest BCUT2D eigenvalue weighted by Crippen LogP contribution is -2.34. The average Bonchev–Trinajstić information content (AvgIpc) is 3.38. The van der Waals surface area contributed by atoms with Crippen molar-refractivity contribution >= 4 is 28.7 Å². The van der Waals surface area contributed by atoms with Crippen LogP contribution in [-0.2, 0) is 0 Å². The van der Waals surface area contributed by atoms with E-state index in [-0.39, 0.29) is 23.4 Å². The van der Waals surface area contributed by atoms with Gasteiger partial charge in [0.05, 0.1) is 16.7 Å². The first-order valence-corrected chi connectivity index (χ1v) is 9.83. The highest BCUT2D eigenvalue weighted by molar-refractivity contribution is 7.10. The van der Waals surface area contributed by atoms with Crippen molar-refractivity contribution in [3.05, 3.63) is 75.1 Å². The van der Waals surface area contributed by atoms with Crippen molar-refractivity contribution in [2.75, 3.05) is 11.9 Å². The molecule has 0 spiro atoms. The number of rotatable bonds is 4. The molecule has 28 heavy (non-hydrogen) atoms. The van der Waals surface area contributed by atoms with Gasteiger partial charge in [0.2, 0.25) is 0 Å². The van der Waals surface area contributed by atoms with Crippen molar-refractivity contribution in [1.29, 1.82) is 0 Å². The number of hydrogen-bond acceptors (Lipinski definition) is 5. The summed E-state index contributed by atoms with van der Waals surface area (Å²) in [5, 5.41) is 16.8. The maximum Gasteiger partial charge on any atom is 0.322 e. The van der Waals surface area contributed by atoms with Gasteiger partial charge in [0.25, 0.3) is 5.69 Å². The van der Waals surface area contributed by atoms with Crippen LogP contribution in [0.15, 0.2) is 60.0 Å². The van der Waals surface area contributed by atoms with Crippen molar-refractivity contribution in [2.45, 2.75) is 18.9 Å². The molecule has 0 unspecified atom stereocenters. The molecule has 1 atom stereocenters. The Morgan fingerprint density at radius 2 is 1.93 bits per heavy atom. The Bertz CT molecular complexity index is 1010. The molecule has 142 valence electrons. The van der Waals surface area contributed by atoms with Crippen LogP contribution in [0.1, 0.15) is 23.9 Å². The molecule has 0 saturated carbocycles. The third-order valence-corrected chi connectivity index (χ3v) is 5.68. The monoisotopic (exact) mass is 394 g/mol. The van der Waals surface area contributed by atoms with Gasteiger partial charge in [-0.15, -0.1) is 11.3 Å². The van der Waals surface area contributed by atoms with Gasteiger partial charge in [0.15, 0.2) is 0 Å². The van der Waals surface area contributed by atoms with E-state index in [2.05, 4.69) is 5.32 Å². The predicted octanol–water partition coefficient (Wildman–Crippen LogP) is 5.09. The fourth-order valence-corrected chi connectivity index (χ4v) is 4.35. The molecular weight excluding hydrogens is 376 g/mol. The molecule has 0 aliphatic carbocycles. The van der Waals surface area contributed by atoms with Gasteiger partial charge < -0.3 is 10.2 Å². The number of nitro groups is 1. The van der Waals surface area contributed by atoms with E-state index in [0.29, 0.717) is 6.54 Å². The standard InChI is InChI=1S/C20H18N4O3S/c25-20(22-15-9-4-5-10-17(15)24(26)27)23-12-6-11-18(23)19-21-16(13-28-19)14-7-2-1-3-8-14/h1-5,7-10,13,18H,6,11-12H2,(H,22,25)/t18-/m0/s1. The van der Waals surface area contributed by atoms with E-state index in [1.807, 2.05) is 35.7 Å².